The molecule has 0 atom stereocenters. The summed E-state index contributed by atoms with van der Waals surface area (Å²) in [6.45, 7) is 3.33. The van der Waals surface area contributed by atoms with Gasteiger partial charge in [0.2, 0.25) is 10.0 Å². The molecule has 0 heterocycles. The fraction of sp³-hybridized carbons (Fsp3) is 0.571. The van der Waals surface area contributed by atoms with E-state index >= 15 is 0 Å². The summed E-state index contributed by atoms with van der Waals surface area (Å²) >= 11 is 1.82. The predicted molar refractivity (Wildman–Crippen MR) is 88.0 cm³/mol. The van der Waals surface area contributed by atoms with Crippen molar-refractivity contribution in [3.05, 3.63) is 24.3 Å². The van der Waals surface area contributed by atoms with Crippen molar-refractivity contribution in [2.75, 3.05) is 30.4 Å². The van der Waals surface area contributed by atoms with Crippen LogP contribution in [-0.4, -0.2) is 33.5 Å². The Balaban J connectivity index is 2.43. The molecule has 0 aliphatic heterocycles. The maximum absolute atomic E-state index is 12.1. The van der Waals surface area contributed by atoms with Gasteiger partial charge in [-0.2, -0.15) is 11.8 Å². The second-order valence-electron chi connectivity index (χ2n) is 4.51. The minimum atomic E-state index is -3.37. The quantitative estimate of drug-likeness (QED) is 0.652. The molecule has 0 unspecified atom stereocenters. The lowest BCUT2D eigenvalue weighted by Crippen LogP contribution is -2.24. The Morgan fingerprint density at radius 1 is 1.10 bits per heavy atom. The second-order valence-corrected chi connectivity index (χ2v) is 7.26. The Morgan fingerprint density at radius 3 is 2.40 bits per heavy atom. The molecular formula is C14H24N2O2S2. The van der Waals surface area contributed by atoms with Gasteiger partial charge in [0.05, 0.1) is 4.90 Å². The summed E-state index contributed by atoms with van der Waals surface area (Å²) < 4.78 is 26.8. The molecule has 2 N–H and O–H groups in total. The number of rotatable bonds is 10. The maximum Gasteiger partial charge on any atom is 0.240 e. The zero-order valence-electron chi connectivity index (χ0n) is 12.2. The Bertz CT molecular complexity index is 472. The van der Waals surface area contributed by atoms with Gasteiger partial charge in [0, 0.05) is 18.8 Å². The summed E-state index contributed by atoms with van der Waals surface area (Å²) in [4.78, 5) is 0.322. The number of nitrogens with one attached hydrogen (secondary N) is 2. The van der Waals surface area contributed by atoms with E-state index in [1.807, 2.05) is 18.7 Å². The van der Waals surface area contributed by atoms with Crippen molar-refractivity contribution in [3.8, 4) is 0 Å². The average molecular weight is 316 g/mol. The molecule has 20 heavy (non-hydrogen) atoms. The molecule has 0 aliphatic carbocycles. The molecule has 0 bridgehead atoms. The molecule has 1 rings (SSSR count). The molecule has 0 saturated carbocycles. The third-order valence-electron chi connectivity index (χ3n) is 2.86. The van der Waals surface area contributed by atoms with E-state index in [2.05, 4.69) is 16.3 Å². The highest BCUT2D eigenvalue weighted by molar-refractivity contribution is 7.98. The van der Waals surface area contributed by atoms with E-state index in [-0.39, 0.29) is 0 Å². The van der Waals surface area contributed by atoms with Gasteiger partial charge in [0.15, 0.2) is 0 Å². The smallest absolute Gasteiger partial charge is 0.240 e. The van der Waals surface area contributed by atoms with Gasteiger partial charge in [0.1, 0.15) is 0 Å². The lowest BCUT2D eigenvalue weighted by atomic mass is 10.2. The zero-order chi connectivity index (χ0) is 14.8. The highest BCUT2D eigenvalue weighted by Crippen LogP contribution is 2.13. The number of thioether (sulfide) groups is 1. The first kappa shape index (κ1) is 17.3. The van der Waals surface area contributed by atoms with Crippen LogP contribution in [0.5, 0.6) is 0 Å². The molecular weight excluding hydrogens is 292 g/mol. The molecule has 0 saturated heterocycles. The van der Waals surface area contributed by atoms with E-state index in [0.717, 1.165) is 37.2 Å². The summed E-state index contributed by atoms with van der Waals surface area (Å²) in [6.07, 6.45) is 5.16. The van der Waals surface area contributed by atoms with Gasteiger partial charge < -0.3 is 5.32 Å². The molecule has 1 aromatic rings. The van der Waals surface area contributed by atoms with Crippen LogP contribution in [0.2, 0.25) is 0 Å². The van der Waals surface area contributed by atoms with Crippen LogP contribution in [0.3, 0.4) is 0 Å². The van der Waals surface area contributed by atoms with Crippen LogP contribution in [-0.2, 0) is 10.0 Å². The Kier molecular flexibility index (Phi) is 8.02. The summed E-state index contributed by atoms with van der Waals surface area (Å²) in [6, 6.07) is 6.84. The predicted octanol–water partition coefficient (Wildman–Crippen LogP) is 2.93. The van der Waals surface area contributed by atoms with Gasteiger partial charge in [-0.25, -0.2) is 13.1 Å². The molecule has 6 heteroatoms. The third kappa shape index (κ3) is 6.15. The normalized spacial score (nSPS) is 11.5. The largest absolute Gasteiger partial charge is 0.385 e. The van der Waals surface area contributed by atoms with E-state index in [4.69, 9.17) is 0 Å². The molecule has 114 valence electrons. The van der Waals surface area contributed by atoms with Gasteiger partial charge in [-0.1, -0.05) is 6.42 Å². The molecule has 0 amide bonds. The topological polar surface area (TPSA) is 58.2 Å². The number of sulfonamides is 1. The molecule has 0 radical (unpaired) electrons. The summed E-state index contributed by atoms with van der Waals surface area (Å²) in [5.41, 5.74) is 0.934. The Hall–Kier alpha value is -0.720. The van der Waals surface area contributed by atoms with Crippen LogP contribution in [0.15, 0.2) is 29.2 Å². The number of hydrogen-bond donors (Lipinski definition) is 2. The van der Waals surface area contributed by atoms with Gasteiger partial charge >= 0.3 is 0 Å². The van der Waals surface area contributed by atoms with Crippen LogP contribution < -0.4 is 10.0 Å². The third-order valence-corrected chi connectivity index (χ3v) is 5.04. The average Bonchev–Trinajstić information content (AvgIpc) is 2.44. The maximum atomic E-state index is 12.1. The van der Waals surface area contributed by atoms with Crippen molar-refractivity contribution in [3.63, 3.8) is 0 Å². The first-order valence-corrected chi connectivity index (χ1v) is 9.80. The Labute approximate surface area is 126 Å². The van der Waals surface area contributed by atoms with E-state index < -0.39 is 10.0 Å². The number of benzene rings is 1. The molecule has 0 aliphatic rings. The lowest BCUT2D eigenvalue weighted by molar-refractivity contribution is 0.576. The van der Waals surface area contributed by atoms with Crippen molar-refractivity contribution < 1.29 is 8.42 Å². The summed E-state index contributed by atoms with van der Waals surface area (Å²) in [7, 11) is -3.37. The monoisotopic (exact) mass is 316 g/mol. The highest BCUT2D eigenvalue weighted by atomic mass is 32.2. The van der Waals surface area contributed by atoms with Crippen LogP contribution >= 0.6 is 11.8 Å². The minimum Gasteiger partial charge on any atom is -0.385 e. The standard InChI is InChI=1S/C14H24N2O2S2/c1-3-15-13-7-9-14(10-8-13)20(17,18)16-11-5-4-6-12-19-2/h7-10,15-16H,3-6,11-12H2,1-2H3. The molecule has 0 fully saturated rings. The van der Waals surface area contributed by atoms with Crippen molar-refractivity contribution >= 4 is 27.5 Å². The summed E-state index contributed by atoms with van der Waals surface area (Å²) in [5, 5.41) is 3.14. The lowest BCUT2D eigenvalue weighted by Gasteiger charge is -2.08. The fourth-order valence-corrected chi connectivity index (χ4v) is 3.36. The minimum absolute atomic E-state index is 0.322. The molecule has 4 nitrogen and oxygen atoms in total. The number of anilines is 1. The fourth-order valence-electron chi connectivity index (χ4n) is 1.79. The summed E-state index contributed by atoms with van der Waals surface area (Å²) in [5.74, 6) is 1.14. The number of unbranched alkanes of at least 4 members (excludes halogenated alkanes) is 2. The first-order valence-electron chi connectivity index (χ1n) is 6.92. The van der Waals surface area contributed by atoms with E-state index in [0.29, 0.717) is 11.4 Å². The van der Waals surface area contributed by atoms with Crippen molar-refractivity contribution in [2.24, 2.45) is 0 Å². The van der Waals surface area contributed by atoms with Gasteiger partial charge in [0.25, 0.3) is 0 Å². The van der Waals surface area contributed by atoms with Crippen LogP contribution in [0.25, 0.3) is 0 Å². The molecule has 0 spiro atoms. The van der Waals surface area contributed by atoms with Crippen molar-refractivity contribution in [2.45, 2.75) is 31.1 Å². The van der Waals surface area contributed by atoms with Gasteiger partial charge in [-0.15, -0.1) is 0 Å². The van der Waals surface area contributed by atoms with Crippen LogP contribution in [0, 0.1) is 0 Å². The van der Waals surface area contributed by atoms with E-state index in [1.54, 1.807) is 24.3 Å². The van der Waals surface area contributed by atoms with E-state index in [1.165, 1.54) is 0 Å². The van der Waals surface area contributed by atoms with E-state index in [9.17, 15) is 8.42 Å². The highest BCUT2D eigenvalue weighted by Gasteiger charge is 2.12. The SMILES string of the molecule is CCNc1ccc(S(=O)(=O)NCCCCCSC)cc1. The second kappa shape index (κ2) is 9.26. The Morgan fingerprint density at radius 2 is 1.80 bits per heavy atom. The molecule has 0 aromatic heterocycles. The van der Waals surface area contributed by atoms with Crippen molar-refractivity contribution in [1.29, 1.82) is 0 Å². The zero-order valence-corrected chi connectivity index (χ0v) is 13.8. The van der Waals surface area contributed by atoms with Crippen LogP contribution in [0.1, 0.15) is 26.2 Å². The van der Waals surface area contributed by atoms with Crippen molar-refractivity contribution in [1.82, 2.24) is 4.72 Å². The first-order chi connectivity index (χ1) is 9.60. The van der Waals surface area contributed by atoms with Crippen LogP contribution in [0.4, 0.5) is 5.69 Å². The number of hydrogen-bond acceptors (Lipinski definition) is 4. The van der Waals surface area contributed by atoms with Gasteiger partial charge in [-0.05, 0) is 56.0 Å². The van der Waals surface area contributed by atoms with Gasteiger partial charge in [-0.3, -0.25) is 0 Å². The molecule has 1 aromatic carbocycles.